The summed E-state index contributed by atoms with van der Waals surface area (Å²) < 4.78 is 0. The third kappa shape index (κ3) is 3.06. The molecule has 20 heavy (non-hydrogen) atoms. The Kier molecular flexibility index (Phi) is 3.89. The molecule has 9 heteroatoms. The van der Waals surface area contributed by atoms with Crippen molar-refractivity contribution in [3.8, 4) is 5.75 Å². The van der Waals surface area contributed by atoms with E-state index in [0.717, 1.165) is 17.0 Å². The highest BCUT2D eigenvalue weighted by molar-refractivity contribution is 7.13. The first-order valence-electron chi connectivity index (χ1n) is 5.49. The number of aromatic hydroxyl groups is 1. The third-order valence-electron chi connectivity index (χ3n) is 2.39. The van der Waals surface area contributed by atoms with Gasteiger partial charge in [0.2, 0.25) is 0 Å². The predicted octanol–water partition coefficient (Wildman–Crippen LogP) is 3.24. The standard InChI is InChI=1S/C11H11N5O3S/c1-15(2)7-3-4-8(9(17)5-7)13-14-11-12-10(6-20-11)16(18)19/h3-6,17H,1-2H3. The van der Waals surface area contributed by atoms with E-state index in [4.69, 9.17) is 0 Å². The molecule has 0 fully saturated rings. The molecule has 0 aliphatic carbocycles. The summed E-state index contributed by atoms with van der Waals surface area (Å²) in [5.74, 6) is -0.290. The molecule has 0 amide bonds. The molecule has 0 saturated heterocycles. The molecule has 1 heterocycles. The second-order valence-electron chi connectivity index (χ2n) is 4.01. The number of azo groups is 1. The SMILES string of the molecule is CN(C)c1ccc(N=Nc2nc([N+](=O)[O-])cs2)c(O)c1. The van der Waals surface area contributed by atoms with E-state index in [1.807, 2.05) is 19.0 Å². The number of anilines is 1. The van der Waals surface area contributed by atoms with E-state index in [0.29, 0.717) is 0 Å². The lowest BCUT2D eigenvalue weighted by Gasteiger charge is -2.12. The van der Waals surface area contributed by atoms with Crippen molar-refractivity contribution >= 4 is 33.7 Å². The number of rotatable bonds is 4. The lowest BCUT2D eigenvalue weighted by Crippen LogP contribution is -2.07. The molecule has 0 saturated carbocycles. The van der Waals surface area contributed by atoms with Crippen molar-refractivity contribution in [3.05, 3.63) is 33.7 Å². The molecule has 2 aromatic rings. The molecule has 104 valence electrons. The smallest absolute Gasteiger partial charge is 0.377 e. The lowest BCUT2D eigenvalue weighted by molar-refractivity contribution is -0.389. The first kappa shape index (κ1) is 13.9. The van der Waals surface area contributed by atoms with Gasteiger partial charge >= 0.3 is 10.9 Å². The second-order valence-corrected chi connectivity index (χ2v) is 4.85. The Morgan fingerprint density at radius 1 is 1.40 bits per heavy atom. The zero-order valence-electron chi connectivity index (χ0n) is 10.7. The maximum Gasteiger partial charge on any atom is 0.377 e. The summed E-state index contributed by atoms with van der Waals surface area (Å²) in [7, 11) is 3.70. The van der Waals surface area contributed by atoms with Crippen LogP contribution in [-0.2, 0) is 0 Å². The molecule has 0 atom stereocenters. The van der Waals surface area contributed by atoms with Crippen molar-refractivity contribution in [2.45, 2.75) is 0 Å². The average Bonchev–Trinajstić information content (AvgIpc) is 2.86. The van der Waals surface area contributed by atoms with E-state index >= 15 is 0 Å². The van der Waals surface area contributed by atoms with Crippen molar-refractivity contribution in [1.82, 2.24) is 4.98 Å². The summed E-state index contributed by atoms with van der Waals surface area (Å²) in [6.07, 6.45) is 0. The van der Waals surface area contributed by atoms with Gasteiger partial charge in [-0.25, -0.2) is 0 Å². The molecule has 0 aliphatic heterocycles. The first-order chi connectivity index (χ1) is 9.47. The molecular formula is C11H11N5O3S. The largest absolute Gasteiger partial charge is 0.506 e. The number of phenolic OH excluding ortho intramolecular Hbond substituents is 1. The monoisotopic (exact) mass is 293 g/mol. The minimum atomic E-state index is -0.598. The molecule has 0 unspecified atom stereocenters. The van der Waals surface area contributed by atoms with Gasteiger partial charge < -0.3 is 20.1 Å². The van der Waals surface area contributed by atoms with Crippen LogP contribution in [-0.4, -0.2) is 29.1 Å². The summed E-state index contributed by atoms with van der Waals surface area (Å²) in [5.41, 5.74) is 1.10. The van der Waals surface area contributed by atoms with Crippen LogP contribution < -0.4 is 4.90 Å². The first-order valence-corrected chi connectivity index (χ1v) is 6.37. The van der Waals surface area contributed by atoms with E-state index in [1.165, 1.54) is 5.38 Å². The Hall–Kier alpha value is -2.55. The number of aromatic nitrogens is 1. The summed E-state index contributed by atoms with van der Waals surface area (Å²) in [4.78, 5) is 15.4. The van der Waals surface area contributed by atoms with Gasteiger partial charge in [0.25, 0.3) is 0 Å². The number of phenols is 1. The van der Waals surface area contributed by atoms with Gasteiger partial charge in [-0.3, -0.25) is 0 Å². The van der Waals surface area contributed by atoms with Gasteiger partial charge in [0.1, 0.15) is 11.4 Å². The summed E-state index contributed by atoms with van der Waals surface area (Å²) in [6, 6.07) is 4.94. The van der Waals surface area contributed by atoms with Crippen LogP contribution in [0.1, 0.15) is 0 Å². The van der Waals surface area contributed by atoms with Crippen molar-refractivity contribution in [2.75, 3.05) is 19.0 Å². The third-order valence-corrected chi connectivity index (χ3v) is 3.10. The molecule has 1 aromatic heterocycles. The summed E-state index contributed by atoms with van der Waals surface area (Å²) >= 11 is 1.01. The zero-order chi connectivity index (χ0) is 14.7. The number of thiazole rings is 1. The van der Waals surface area contributed by atoms with Crippen molar-refractivity contribution in [1.29, 1.82) is 0 Å². The van der Waals surface area contributed by atoms with Gasteiger partial charge in [-0.05, 0) is 22.0 Å². The zero-order valence-corrected chi connectivity index (χ0v) is 11.5. The molecule has 0 bridgehead atoms. The topological polar surface area (TPSA) is 104 Å². The molecule has 2 rings (SSSR count). The van der Waals surface area contributed by atoms with Crippen LogP contribution in [0.2, 0.25) is 0 Å². The maximum absolute atomic E-state index is 10.5. The highest BCUT2D eigenvalue weighted by Gasteiger charge is 2.13. The van der Waals surface area contributed by atoms with Crippen LogP contribution in [0.25, 0.3) is 0 Å². The van der Waals surface area contributed by atoms with Gasteiger partial charge in [0, 0.05) is 25.8 Å². The Balaban J connectivity index is 2.20. The van der Waals surface area contributed by atoms with Gasteiger partial charge in [-0.1, -0.05) is 16.5 Å². The Morgan fingerprint density at radius 2 is 2.15 bits per heavy atom. The van der Waals surface area contributed by atoms with Crippen LogP contribution in [0, 0.1) is 10.1 Å². The van der Waals surface area contributed by atoms with E-state index in [-0.39, 0.29) is 22.4 Å². The van der Waals surface area contributed by atoms with E-state index in [2.05, 4.69) is 15.2 Å². The highest BCUT2D eigenvalue weighted by atomic mass is 32.1. The van der Waals surface area contributed by atoms with E-state index in [9.17, 15) is 15.2 Å². The predicted molar refractivity (Wildman–Crippen MR) is 75.4 cm³/mol. The molecule has 0 radical (unpaired) electrons. The van der Waals surface area contributed by atoms with Crippen molar-refractivity contribution in [3.63, 3.8) is 0 Å². The van der Waals surface area contributed by atoms with Crippen LogP contribution in [0.5, 0.6) is 5.75 Å². The van der Waals surface area contributed by atoms with Crippen molar-refractivity contribution < 1.29 is 10.0 Å². The minimum Gasteiger partial charge on any atom is -0.506 e. The van der Waals surface area contributed by atoms with Gasteiger partial charge in [-0.2, -0.15) is 0 Å². The Labute approximate surface area is 118 Å². The summed E-state index contributed by atoms with van der Waals surface area (Å²) in [6.45, 7) is 0. The van der Waals surface area contributed by atoms with Gasteiger partial charge in [0.05, 0.1) is 5.38 Å². The molecule has 8 nitrogen and oxygen atoms in total. The fraction of sp³-hybridized carbons (Fsp3) is 0.182. The minimum absolute atomic E-state index is 0.0222. The number of hydrogen-bond donors (Lipinski definition) is 1. The Bertz CT molecular complexity index is 668. The fourth-order valence-corrected chi connectivity index (χ4v) is 1.94. The second kappa shape index (κ2) is 5.61. The number of nitro groups is 1. The van der Waals surface area contributed by atoms with Crippen molar-refractivity contribution in [2.24, 2.45) is 10.2 Å². The van der Waals surface area contributed by atoms with Gasteiger partial charge in [-0.15, -0.1) is 5.11 Å². The van der Waals surface area contributed by atoms with E-state index in [1.54, 1.807) is 18.2 Å². The fourth-order valence-electron chi connectivity index (χ4n) is 1.36. The number of nitrogens with zero attached hydrogens (tertiary/aromatic N) is 5. The summed E-state index contributed by atoms with van der Waals surface area (Å²) in [5, 5.41) is 29.3. The van der Waals surface area contributed by atoms with Crippen LogP contribution in [0.3, 0.4) is 0 Å². The number of benzene rings is 1. The lowest BCUT2D eigenvalue weighted by atomic mass is 10.2. The normalized spacial score (nSPS) is 10.9. The van der Waals surface area contributed by atoms with Crippen LogP contribution in [0.15, 0.2) is 33.8 Å². The molecule has 1 N–H and O–H groups in total. The molecule has 0 aliphatic rings. The highest BCUT2D eigenvalue weighted by Crippen LogP contribution is 2.32. The quantitative estimate of drug-likeness (QED) is 0.529. The molecule has 1 aromatic carbocycles. The Morgan fingerprint density at radius 3 is 2.70 bits per heavy atom. The van der Waals surface area contributed by atoms with E-state index < -0.39 is 4.92 Å². The average molecular weight is 293 g/mol. The number of hydrogen-bond acceptors (Lipinski definition) is 8. The van der Waals surface area contributed by atoms with Crippen LogP contribution in [0.4, 0.5) is 22.3 Å². The van der Waals surface area contributed by atoms with Gasteiger partial charge in [0.15, 0.2) is 0 Å². The van der Waals surface area contributed by atoms with Crippen LogP contribution >= 0.6 is 11.3 Å². The maximum atomic E-state index is 10.5. The molecular weight excluding hydrogens is 282 g/mol. The molecule has 0 spiro atoms.